The number of aryl methyl sites for hydroxylation is 1. The van der Waals surface area contributed by atoms with E-state index in [-0.39, 0.29) is 5.91 Å². The third-order valence-electron chi connectivity index (χ3n) is 5.16. The number of ether oxygens (including phenoxy) is 1. The van der Waals surface area contributed by atoms with Gasteiger partial charge in [0.25, 0.3) is 5.91 Å². The number of aromatic nitrogens is 1. The molecule has 0 fully saturated rings. The SMILES string of the molecule is COc1c(C)cc(Br)cc1C(=O)Nc1ccc(-c2nc3cc(C(C)C)ccc3o2)cc1. The number of amides is 1. The van der Waals surface area contributed by atoms with Crippen molar-refractivity contribution in [2.45, 2.75) is 26.7 Å². The van der Waals surface area contributed by atoms with Gasteiger partial charge >= 0.3 is 0 Å². The Labute approximate surface area is 189 Å². The molecule has 1 aromatic heterocycles. The van der Waals surface area contributed by atoms with Gasteiger partial charge in [-0.2, -0.15) is 0 Å². The molecule has 0 aliphatic carbocycles. The van der Waals surface area contributed by atoms with Crippen LogP contribution in [0.25, 0.3) is 22.6 Å². The molecule has 0 unspecified atom stereocenters. The van der Waals surface area contributed by atoms with Crippen LogP contribution in [0, 0.1) is 6.92 Å². The van der Waals surface area contributed by atoms with Crippen molar-refractivity contribution >= 4 is 38.6 Å². The highest BCUT2D eigenvalue weighted by molar-refractivity contribution is 9.10. The Morgan fingerprint density at radius 1 is 1.10 bits per heavy atom. The topological polar surface area (TPSA) is 64.4 Å². The molecule has 6 heteroatoms. The number of carbonyl (C=O) groups is 1. The highest BCUT2D eigenvalue weighted by atomic mass is 79.9. The number of methoxy groups -OCH3 is 1. The van der Waals surface area contributed by atoms with Crippen molar-refractivity contribution in [3.63, 3.8) is 0 Å². The summed E-state index contributed by atoms with van der Waals surface area (Å²) in [7, 11) is 1.56. The smallest absolute Gasteiger partial charge is 0.259 e. The van der Waals surface area contributed by atoms with Gasteiger partial charge in [0.05, 0.1) is 12.7 Å². The standard InChI is InChI=1S/C25H23BrN2O3/c1-14(2)17-7-10-22-21(12-17)28-25(31-22)16-5-8-19(9-6-16)27-24(29)20-13-18(26)11-15(3)23(20)30-4/h5-14H,1-4H3,(H,27,29). The highest BCUT2D eigenvalue weighted by Crippen LogP contribution is 2.30. The van der Waals surface area contributed by atoms with Gasteiger partial charge in [-0.3, -0.25) is 4.79 Å². The minimum atomic E-state index is -0.239. The van der Waals surface area contributed by atoms with Gasteiger partial charge in [0.2, 0.25) is 5.89 Å². The molecule has 0 saturated heterocycles. The maximum atomic E-state index is 12.8. The second kappa shape index (κ2) is 8.55. The van der Waals surface area contributed by atoms with Crippen LogP contribution in [0.3, 0.4) is 0 Å². The molecule has 0 atom stereocenters. The molecule has 1 N–H and O–H groups in total. The molecule has 1 amide bonds. The number of hydrogen-bond donors (Lipinski definition) is 1. The quantitative estimate of drug-likeness (QED) is 0.337. The Morgan fingerprint density at radius 3 is 2.52 bits per heavy atom. The minimum Gasteiger partial charge on any atom is -0.496 e. The van der Waals surface area contributed by atoms with Gasteiger partial charge < -0.3 is 14.5 Å². The van der Waals surface area contributed by atoms with E-state index in [2.05, 4.69) is 52.2 Å². The Hall–Kier alpha value is -3.12. The molecule has 4 rings (SSSR count). The first-order valence-electron chi connectivity index (χ1n) is 10.0. The van der Waals surface area contributed by atoms with Crippen LogP contribution >= 0.6 is 15.9 Å². The Kier molecular flexibility index (Phi) is 5.83. The van der Waals surface area contributed by atoms with Crippen molar-refractivity contribution < 1.29 is 13.9 Å². The normalized spacial score (nSPS) is 11.2. The summed E-state index contributed by atoms with van der Waals surface area (Å²) >= 11 is 3.44. The predicted molar refractivity (Wildman–Crippen MR) is 127 cm³/mol. The average Bonchev–Trinajstić information content (AvgIpc) is 3.17. The van der Waals surface area contributed by atoms with Gasteiger partial charge in [-0.25, -0.2) is 4.98 Å². The van der Waals surface area contributed by atoms with Crippen LogP contribution in [0.15, 0.2) is 63.5 Å². The second-order valence-electron chi connectivity index (χ2n) is 7.74. The molecule has 4 aromatic rings. The van der Waals surface area contributed by atoms with Crippen molar-refractivity contribution in [2.24, 2.45) is 0 Å². The number of nitrogens with one attached hydrogen (secondary N) is 1. The first kappa shape index (κ1) is 21.1. The van der Waals surface area contributed by atoms with Gasteiger partial charge in [-0.1, -0.05) is 35.8 Å². The molecule has 1 heterocycles. The zero-order valence-corrected chi connectivity index (χ0v) is 19.4. The van der Waals surface area contributed by atoms with E-state index in [4.69, 9.17) is 9.15 Å². The lowest BCUT2D eigenvalue weighted by Gasteiger charge is -2.12. The molecule has 3 aromatic carbocycles. The Morgan fingerprint density at radius 2 is 1.84 bits per heavy atom. The molecule has 31 heavy (non-hydrogen) atoms. The van der Waals surface area contributed by atoms with Crippen molar-refractivity contribution in [3.05, 3.63) is 75.8 Å². The lowest BCUT2D eigenvalue weighted by molar-refractivity contribution is 0.102. The third kappa shape index (κ3) is 4.35. The summed E-state index contributed by atoms with van der Waals surface area (Å²) in [5.74, 6) is 1.31. The third-order valence-corrected chi connectivity index (χ3v) is 5.61. The molecule has 0 aliphatic heterocycles. The molecule has 0 radical (unpaired) electrons. The van der Waals surface area contributed by atoms with Gasteiger partial charge in [-0.05, 0) is 72.5 Å². The summed E-state index contributed by atoms with van der Waals surface area (Å²) in [4.78, 5) is 17.4. The van der Waals surface area contributed by atoms with Crippen LogP contribution < -0.4 is 10.1 Å². The van der Waals surface area contributed by atoms with E-state index in [1.54, 1.807) is 13.2 Å². The first-order chi connectivity index (χ1) is 14.9. The summed E-state index contributed by atoms with van der Waals surface area (Å²) < 4.78 is 12.2. The van der Waals surface area contributed by atoms with E-state index < -0.39 is 0 Å². The molecule has 158 valence electrons. The number of nitrogens with zero attached hydrogens (tertiary/aromatic N) is 1. The first-order valence-corrected chi connectivity index (χ1v) is 10.8. The fourth-order valence-corrected chi connectivity index (χ4v) is 4.06. The van der Waals surface area contributed by atoms with Gasteiger partial charge in [0.15, 0.2) is 5.58 Å². The molecule has 0 aliphatic rings. The maximum Gasteiger partial charge on any atom is 0.259 e. The van der Waals surface area contributed by atoms with Crippen LogP contribution in [-0.4, -0.2) is 18.0 Å². The molecule has 5 nitrogen and oxygen atoms in total. The molecule has 0 spiro atoms. The van der Waals surface area contributed by atoms with Gasteiger partial charge in [0.1, 0.15) is 11.3 Å². The summed E-state index contributed by atoms with van der Waals surface area (Å²) in [5.41, 5.74) is 5.70. The number of oxazole rings is 1. The van der Waals surface area contributed by atoms with Crippen LogP contribution in [0.2, 0.25) is 0 Å². The Balaban J connectivity index is 1.56. The van der Waals surface area contributed by atoms with E-state index in [1.807, 2.05) is 43.3 Å². The average molecular weight is 479 g/mol. The molecular formula is C25H23BrN2O3. The summed E-state index contributed by atoms with van der Waals surface area (Å²) in [5, 5.41) is 2.92. The van der Waals surface area contributed by atoms with Crippen molar-refractivity contribution in [2.75, 3.05) is 12.4 Å². The zero-order valence-electron chi connectivity index (χ0n) is 17.8. The van der Waals surface area contributed by atoms with Gasteiger partial charge in [0, 0.05) is 15.7 Å². The zero-order chi connectivity index (χ0) is 22.1. The predicted octanol–water partition coefficient (Wildman–Crippen LogP) is 6.95. The van der Waals surface area contributed by atoms with Crippen LogP contribution in [0.5, 0.6) is 5.75 Å². The van der Waals surface area contributed by atoms with E-state index >= 15 is 0 Å². The largest absolute Gasteiger partial charge is 0.496 e. The lowest BCUT2D eigenvalue weighted by Crippen LogP contribution is -2.13. The summed E-state index contributed by atoms with van der Waals surface area (Å²) in [6.45, 7) is 6.21. The number of halogens is 1. The maximum absolute atomic E-state index is 12.8. The highest BCUT2D eigenvalue weighted by Gasteiger charge is 2.16. The van der Waals surface area contributed by atoms with E-state index in [0.29, 0.717) is 28.8 Å². The fraction of sp³-hybridized carbons (Fsp3) is 0.200. The van der Waals surface area contributed by atoms with Crippen LogP contribution in [-0.2, 0) is 0 Å². The number of fused-ring (bicyclic) bond motifs is 1. The number of benzene rings is 3. The lowest BCUT2D eigenvalue weighted by atomic mass is 10.0. The van der Waals surface area contributed by atoms with Crippen molar-refractivity contribution in [3.8, 4) is 17.2 Å². The number of hydrogen-bond acceptors (Lipinski definition) is 4. The number of carbonyl (C=O) groups excluding carboxylic acids is 1. The number of rotatable bonds is 5. The Bertz CT molecular complexity index is 1260. The van der Waals surface area contributed by atoms with E-state index in [0.717, 1.165) is 26.7 Å². The molecular weight excluding hydrogens is 456 g/mol. The summed E-state index contributed by atoms with van der Waals surface area (Å²) in [6.07, 6.45) is 0. The van der Waals surface area contributed by atoms with Crippen molar-refractivity contribution in [1.82, 2.24) is 4.98 Å². The molecule has 0 bridgehead atoms. The minimum absolute atomic E-state index is 0.239. The summed E-state index contributed by atoms with van der Waals surface area (Å²) in [6, 6.07) is 17.2. The van der Waals surface area contributed by atoms with E-state index in [1.165, 1.54) is 5.56 Å². The van der Waals surface area contributed by atoms with Crippen molar-refractivity contribution in [1.29, 1.82) is 0 Å². The number of anilines is 1. The second-order valence-corrected chi connectivity index (χ2v) is 8.65. The fourth-order valence-electron chi connectivity index (χ4n) is 3.49. The van der Waals surface area contributed by atoms with Crippen LogP contribution in [0.1, 0.15) is 41.3 Å². The molecule has 0 saturated carbocycles. The monoisotopic (exact) mass is 478 g/mol. The van der Waals surface area contributed by atoms with Crippen LogP contribution in [0.4, 0.5) is 5.69 Å². The van der Waals surface area contributed by atoms with E-state index in [9.17, 15) is 4.79 Å². The van der Waals surface area contributed by atoms with Gasteiger partial charge in [-0.15, -0.1) is 0 Å².